The predicted molar refractivity (Wildman–Crippen MR) is 112 cm³/mol. The Balaban J connectivity index is 1.84. The number of nitriles is 1. The lowest BCUT2D eigenvalue weighted by molar-refractivity contribution is 0.103. The van der Waals surface area contributed by atoms with E-state index in [9.17, 15) is 10.1 Å². The maximum atomic E-state index is 13.1. The molecule has 0 radical (unpaired) electrons. The third-order valence-electron chi connectivity index (χ3n) is 4.33. The van der Waals surface area contributed by atoms with Gasteiger partial charge < -0.3 is 4.57 Å². The van der Waals surface area contributed by atoms with Crippen molar-refractivity contribution in [1.82, 2.24) is 4.57 Å². The molecule has 6 heteroatoms. The average molecular weight is 384 g/mol. The van der Waals surface area contributed by atoms with Crippen LogP contribution < -0.4 is 5.01 Å². The van der Waals surface area contributed by atoms with Crippen LogP contribution in [0.25, 0.3) is 0 Å². The highest BCUT2D eigenvalue weighted by molar-refractivity contribution is 8.18. The van der Waals surface area contributed by atoms with Crippen molar-refractivity contribution in [3.63, 3.8) is 0 Å². The highest BCUT2D eigenvalue weighted by Crippen LogP contribution is 2.39. The minimum atomic E-state index is -0.317. The van der Waals surface area contributed by atoms with Crippen LogP contribution in [-0.2, 0) is 7.05 Å². The molecule has 0 aliphatic carbocycles. The lowest BCUT2D eigenvalue weighted by Gasteiger charge is -2.16. The summed E-state index contributed by atoms with van der Waals surface area (Å²) in [5, 5.41) is 17.5. The first kappa shape index (κ1) is 17.8. The summed E-state index contributed by atoms with van der Waals surface area (Å²) in [4.78, 5) is 13.1. The average Bonchev–Trinajstić information content (AvgIpc) is 3.36. The number of hydrogen-bond acceptors (Lipinski definition) is 5. The van der Waals surface area contributed by atoms with Crippen molar-refractivity contribution in [2.45, 2.75) is 0 Å². The van der Waals surface area contributed by atoms with Crippen molar-refractivity contribution >= 4 is 28.3 Å². The summed E-state index contributed by atoms with van der Waals surface area (Å²) in [6.45, 7) is 0. The lowest BCUT2D eigenvalue weighted by atomic mass is 10.1. The summed E-state index contributed by atoms with van der Waals surface area (Å²) in [6.07, 6.45) is 1.79. The first-order valence-corrected chi connectivity index (χ1v) is 9.48. The largest absolute Gasteiger partial charge is 0.348 e. The van der Waals surface area contributed by atoms with Gasteiger partial charge in [-0.2, -0.15) is 10.4 Å². The maximum absolute atomic E-state index is 13.1. The van der Waals surface area contributed by atoms with E-state index >= 15 is 0 Å². The number of thioether (sulfide) groups is 1. The van der Waals surface area contributed by atoms with E-state index in [1.165, 1.54) is 11.8 Å². The molecule has 1 aromatic heterocycles. The SMILES string of the molecule is Cn1cccc1C(=O)/C(C#N)=C1\SC(c2ccccc2)=NN1c1ccccc1. The molecule has 3 aromatic rings. The van der Waals surface area contributed by atoms with Crippen LogP contribution in [0, 0.1) is 11.3 Å². The number of hydrogen-bond donors (Lipinski definition) is 0. The van der Waals surface area contributed by atoms with Crippen LogP contribution in [0.3, 0.4) is 0 Å². The maximum Gasteiger partial charge on any atom is 0.222 e. The molecule has 136 valence electrons. The summed E-state index contributed by atoms with van der Waals surface area (Å²) in [7, 11) is 1.79. The monoisotopic (exact) mass is 384 g/mol. The first-order chi connectivity index (χ1) is 13.7. The molecular formula is C22H16N4OS. The predicted octanol–water partition coefficient (Wildman–Crippen LogP) is 4.56. The van der Waals surface area contributed by atoms with E-state index in [4.69, 9.17) is 5.10 Å². The van der Waals surface area contributed by atoms with E-state index in [0.29, 0.717) is 10.7 Å². The molecule has 0 bridgehead atoms. The Labute approximate surface area is 167 Å². The first-order valence-electron chi connectivity index (χ1n) is 8.66. The Hall–Kier alpha value is -3.56. The van der Waals surface area contributed by atoms with Crippen LogP contribution >= 0.6 is 11.8 Å². The zero-order valence-corrected chi connectivity index (χ0v) is 15.9. The second-order valence-corrected chi connectivity index (χ2v) is 7.12. The molecule has 2 aromatic carbocycles. The van der Waals surface area contributed by atoms with E-state index in [0.717, 1.165) is 16.3 Å². The number of allylic oxidation sites excluding steroid dienone is 1. The number of para-hydroxylation sites is 1. The van der Waals surface area contributed by atoms with Gasteiger partial charge in [0, 0.05) is 18.8 Å². The van der Waals surface area contributed by atoms with Gasteiger partial charge in [0.1, 0.15) is 21.7 Å². The van der Waals surface area contributed by atoms with Gasteiger partial charge in [-0.25, -0.2) is 5.01 Å². The number of benzene rings is 2. The fraction of sp³-hybridized carbons (Fsp3) is 0.0455. The van der Waals surface area contributed by atoms with Gasteiger partial charge in [0.05, 0.1) is 11.4 Å². The lowest BCUT2D eigenvalue weighted by Crippen LogP contribution is -2.16. The van der Waals surface area contributed by atoms with Crippen molar-refractivity contribution in [1.29, 1.82) is 5.26 Å². The quantitative estimate of drug-likeness (QED) is 0.376. The van der Waals surface area contributed by atoms with Gasteiger partial charge in [-0.15, -0.1) is 0 Å². The van der Waals surface area contributed by atoms with Gasteiger partial charge >= 0.3 is 0 Å². The van der Waals surface area contributed by atoms with Crippen molar-refractivity contribution in [2.75, 3.05) is 5.01 Å². The van der Waals surface area contributed by atoms with Crippen molar-refractivity contribution in [3.05, 3.63) is 101 Å². The van der Waals surface area contributed by atoms with E-state index in [-0.39, 0.29) is 11.4 Å². The summed E-state index contributed by atoms with van der Waals surface area (Å²) >= 11 is 1.33. The number of carbonyl (C=O) groups excluding carboxylic acids is 1. The number of ketones is 1. The van der Waals surface area contributed by atoms with Crippen molar-refractivity contribution in [3.8, 4) is 6.07 Å². The molecule has 0 fully saturated rings. The molecule has 0 saturated heterocycles. The molecule has 28 heavy (non-hydrogen) atoms. The number of aryl methyl sites for hydroxylation is 1. The van der Waals surface area contributed by atoms with Gasteiger partial charge in [-0.3, -0.25) is 4.79 Å². The molecule has 0 atom stereocenters. The minimum Gasteiger partial charge on any atom is -0.348 e. The Morgan fingerprint density at radius 1 is 1.00 bits per heavy atom. The smallest absolute Gasteiger partial charge is 0.222 e. The standard InChI is InChI=1S/C22H16N4OS/c1-25-14-8-13-19(25)20(27)18(15-23)22-26(17-11-6-3-7-12-17)24-21(28-22)16-9-4-2-5-10-16/h2-14H,1H3/b22-18-. The third kappa shape index (κ3) is 3.24. The van der Waals surface area contributed by atoms with Crippen LogP contribution in [-0.4, -0.2) is 15.4 Å². The molecule has 0 spiro atoms. The van der Waals surface area contributed by atoms with E-state index < -0.39 is 0 Å². The Kier molecular flexibility index (Phi) is 4.83. The van der Waals surface area contributed by atoms with Gasteiger partial charge in [-0.05, 0) is 36.0 Å². The van der Waals surface area contributed by atoms with Crippen LogP contribution in [0.5, 0.6) is 0 Å². The van der Waals surface area contributed by atoms with Gasteiger partial charge in [0.15, 0.2) is 0 Å². The topological polar surface area (TPSA) is 61.4 Å². The van der Waals surface area contributed by atoms with Crippen LogP contribution in [0.2, 0.25) is 0 Å². The van der Waals surface area contributed by atoms with Crippen molar-refractivity contribution in [2.24, 2.45) is 12.1 Å². The molecule has 0 amide bonds. The number of nitrogens with zero attached hydrogens (tertiary/aromatic N) is 4. The normalized spacial score (nSPS) is 15.1. The van der Waals surface area contributed by atoms with E-state index in [2.05, 4.69) is 6.07 Å². The third-order valence-corrected chi connectivity index (χ3v) is 5.41. The molecule has 5 nitrogen and oxygen atoms in total. The van der Waals surface area contributed by atoms with E-state index in [1.54, 1.807) is 35.0 Å². The molecule has 1 aliphatic rings. The Bertz CT molecular complexity index is 1120. The second-order valence-electron chi connectivity index (χ2n) is 6.15. The fourth-order valence-corrected chi connectivity index (χ4v) is 3.94. The van der Waals surface area contributed by atoms with Gasteiger partial charge in [-0.1, -0.05) is 48.5 Å². The summed E-state index contributed by atoms with van der Waals surface area (Å²) in [5.74, 6) is -0.317. The molecule has 1 aliphatic heterocycles. The highest BCUT2D eigenvalue weighted by atomic mass is 32.2. The highest BCUT2D eigenvalue weighted by Gasteiger charge is 2.31. The summed E-state index contributed by atoms with van der Waals surface area (Å²) < 4.78 is 1.71. The molecular weight excluding hydrogens is 368 g/mol. The Morgan fingerprint density at radius 2 is 1.68 bits per heavy atom. The van der Waals surface area contributed by atoms with E-state index in [1.807, 2.05) is 60.7 Å². The summed E-state index contributed by atoms with van der Waals surface area (Å²) in [5.41, 5.74) is 2.27. The fourth-order valence-electron chi connectivity index (χ4n) is 2.91. The zero-order valence-electron chi connectivity index (χ0n) is 15.1. The van der Waals surface area contributed by atoms with Gasteiger partial charge in [0.2, 0.25) is 5.78 Å². The molecule has 0 saturated carbocycles. The number of Topliss-reactive ketones (excluding diaryl/α,β-unsaturated/α-hetero) is 1. The summed E-state index contributed by atoms with van der Waals surface area (Å²) in [6, 6.07) is 24.9. The molecule has 0 N–H and O–H groups in total. The molecule has 4 rings (SSSR count). The number of hydrazone groups is 1. The van der Waals surface area contributed by atoms with Crippen molar-refractivity contribution < 1.29 is 4.79 Å². The number of aromatic nitrogens is 1. The molecule has 2 heterocycles. The van der Waals surface area contributed by atoms with Gasteiger partial charge in [0.25, 0.3) is 0 Å². The molecule has 0 unspecified atom stereocenters. The number of rotatable bonds is 4. The minimum absolute atomic E-state index is 0.0744. The number of anilines is 1. The Morgan fingerprint density at radius 3 is 2.29 bits per heavy atom. The van der Waals surface area contributed by atoms with Crippen LogP contribution in [0.15, 0.2) is 94.7 Å². The second kappa shape index (κ2) is 7.59. The number of carbonyl (C=O) groups is 1. The van der Waals surface area contributed by atoms with Crippen LogP contribution in [0.4, 0.5) is 5.69 Å². The zero-order chi connectivity index (χ0) is 19.5. The van der Waals surface area contributed by atoms with Crippen LogP contribution in [0.1, 0.15) is 16.1 Å².